The lowest BCUT2D eigenvalue weighted by Gasteiger charge is -2.45. The monoisotopic (exact) mass is 417 g/mol. The van der Waals surface area contributed by atoms with Crippen molar-refractivity contribution in [3.63, 3.8) is 0 Å². The molecule has 1 unspecified atom stereocenters. The number of rotatable bonds is 6. The summed E-state index contributed by atoms with van der Waals surface area (Å²) < 4.78 is 0. The van der Waals surface area contributed by atoms with Crippen molar-refractivity contribution in [3.05, 3.63) is 76.9 Å². The molecule has 2 aliphatic rings. The van der Waals surface area contributed by atoms with Crippen LogP contribution in [0.25, 0.3) is 5.57 Å². The predicted molar refractivity (Wildman–Crippen MR) is 124 cm³/mol. The van der Waals surface area contributed by atoms with Crippen LogP contribution in [0.1, 0.15) is 46.3 Å². The summed E-state index contributed by atoms with van der Waals surface area (Å²) in [4.78, 5) is 26.8. The zero-order valence-corrected chi connectivity index (χ0v) is 18.4. The number of hydrogen-bond acceptors (Lipinski definition) is 3. The topological polar surface area (TPSA) is 61.4 Å². The number of nitrogens with zero attached hydrogens (tertiary/aromatic N) is 1. The first kappa shape index (κ1) is 21.3. The third-order valence-electron chi connectivity index (χ3n) is 6.25. The van der Waals surface area contributed by atoms with Crippen LogP contribution in [0.2, 0.25) is 0 Å². The molecule has 1 saturated heterocycles. The number of aryl methyl sites for hydroxylation is 2. The quantitative estimate of drug-likeness (QED) is 0.757. The second kappa shape index (κ2) is 9.48. The average Bonchev–Trinajstić information content (AvgIpc) is 2.74. The number of likely N-dealkylation sites (tertiary alicyclic amines) is 1. The number of carbonyl (C=O) groups excluding carboxylic acids is 2. The minimum atomic E-state index is -0.215. The van der Waals surface area contributed by atoms with Crippen molar-refractivity contribution in [2.75, 3.05) is 19.6 Å². The molecule has 2 N–H and O–H groups in total. The van der Waals surface area contributed by atoms with Gasteiger partial charge in [-0.2, -0.15) is 0 Å². The van der Waals surface area contributed by atoms with Crippen molar-refractivity contribution in [3.8, 4) is 0 Å². The summed E-state index contributed by atoms with van der Waals surface area (Å²) in [6.45, 7) is 5.86. The van der Waals surface area contributed by atoms with E-state index in [0.717, 1.165) is 37.9 Å². The molecule has 0 radical (unpaired) electrons. The van der Waals surface area contributed by atoms with Gasteiger partial charge < -0.3 is 10.6 Å². The summed E-state index contributed by atoms with van der Waals surface area (Å²) in [5.41, 5.74) is 5.71. The van der Waals surface area contributed by atoms with Crippen LogP contribution in [0.3, 0.4) is 0 Å². The molecule has 1 fully saturated rings. The maximum Gasteiger partial charge on any atom is 0.251 e. The zero-order valence-electron chi connectivity index (χ0n) is 18.4. The van der Waals surface area contributed by atoms with Gasteiger partial charge in [0.2, 0.25) is 5.91 Å². The number of nitrogens with one attached hydrogen (secondary N) is 2. The second-order valence-corrected chi connectivity index (χ2v) is 8.80. The molecule has 162 valence electrons. The summed E-state index contributed by atoms with van der Waals surface area (Å²) in [6, 6.07) is 16.8. The van der Waals surface area contributed by atoms with E-state index in [2.05, 4.69) is 52.8 Å². The lowest BCUT2D eigenvalue weighted by atomic mass is 9.88. The van der Waals surface area contributed by atoms with Gasteiger partial charge in [0, 0.05) is 24.7 Å². The van der Waals surface area contributed by atoms with Crippen molar-refractivity contribution in [2.24, 2.45) is 0 Å². The molecule has 2 aromatic rings. The molecule has 5 nitrogen and oxygen atoms in total. The Bertz CT molecular complexity index is 992. The Kier molecular flexibility index (Phi) is 6.52. The molecule has 0 aromatic heterocycles. The Morgan fingerprint density at radius 2 is 1.77 bits per heavy atom. The van der Waals surface area contributed by atoms with Crippen molar-refractivity contribution in [1.29, 1.82) is 0 Å². The number of benzene rings is 2. The van der Waals surface area contributed by atoms with Gasteiger partial charge in [0.05, 0.1) is 12.6 Å². The highest BCUT2D eigenvalue weighted by molar-refractivity contribution is 5.96. The Morgan fingerprint density at radius 3 is 2.45 bits per heavy atom. The van der Waals surface area contributed by atoms with Crippen LogP contribution in [-0.4, -0.2) is 48.4 Å². The van der Waals surface area contributed by atoms with Crippen molar-refractivity contribution >= 4 is 17.4 Å². The van der Waals surface area contributed by atoms with Gasteiger partial charge in [-0.3, -0.25) is 14.5 Å². The van der Waals surface area contributed by atoms with Crippen LogP contribution in [0.5, 0.6) is 0 Å². The van der Waals surface area contributed by atoms with E-state index in [4.69, 9.17) is 0 Å². The van der Waals surface area contributed by atoms with Crippen molar-refractivity contribution in [2.45, 2.75) is 45.2 Å². The Hall–Kier alpha value is -2.92. The minimum absolute atomic E-state index is 0.00922. The first-order valence-electron chi connectivity index (χ1n) is 11.1. The van der Waals surface area contributed by atoms with E-state index >= 15 is 0 Å². The van der Waals surface area contributed by atoms with E-state index < -0.39 is 0 Å². The highest BCUT2D eigenvalue weighted by atomic mass is 16.2. The minimum Gasteiger partial charge on any atom is -0.349 e. The van der Waals surface area contributed by atoms with E-state index in [1.807, 2.05) is 25.1 Å². The predicted octanol–water partition coefficient (Wildman–Crippen LogP) is 3.47. The molecule has 1 aliphatic carbocycles. The van der Waals surface area contributed by atoms with Gasteiger partial charge in [-0.15, -0.1) is 0 Å². The summed E-state index contributed by atoms with van der Waals surface area (Å²) in [5, 5.41) is 5.74. The number of allylic oxidation sites excluding steroid dienone is 1. The lowest BCUT2D eigenvalue weighted by molar-refractivity contribution is -0.122. The molecule has 31 heavy (non-hydrogen) atoms. The Labute approximate surface area is 184 Å². The summed E-state index contributed by atoms with van der Waals surface area (Å²) in [5.74, 6) is -0.344. The maximum absolute atomic E-state index is 12.2. The van der Waals surface area contributed by atoms with E-state index in [-0.39, 0.29) is 24.4 Å². The average molecular weight is 418 g/mol. The number of carbonyl (C=O) groups is 2. The van der Waals surface area contributed by atoms with E-state index in [9.17, 15) is 9.59 Å². The zero-order chi connectivity index (χ0) is 21.8. The van der Waals surface area contributed by atoms with Gasteiger partial charge in [0.1, 0.15) is 0 Å². The molecule has 2 amide bonds. The number of hydrogen-bond donors (Lipinski definition) is 2. The summed E-state index contributed by atoms with van der Waals surface area (Å²) in [6.07, 6.45) is 5.71. The van der Waals surface area contributed by atoms with Crippen LogP contribution in [0, 0.1) is 13.8 Å². The highest BCUT2D eigenvalue weighted by Gasteiger charge is 2.33. The fraction of sp³-hybridized carbons (Fsp3) is 0.385. The van der Waals surface area contributed by atoms with Gasteiger partial charge in [-0.1, -0.05) is 53.6 Å². The first-order valence-corrected chi connectivity index (χ1v) is 11.1. The SMILES string of the molecule is Cc1cccc(C(=O)NCC(=O)NC2CN(C3CC=C(c4cccc(C)c4)CC3)C2)c1. The maximum atomic E-state index is 12.2. The molecule has 2 aromatic carbocycles. The molecular formula is C26H31N3O2. The molecule has 5 heteroatoms. The smallest absolute Gasteiger partial charge is 0.251 e. The van der Waals surface area contributed by atoms with Gasteiger partial charge >= 0.3 is 0 Å². The molecule has 0 spiro atoms. The molecule has 4 rings (SSSR count). The summed E-state index contributed by atoms with van der Waals surface area (Å²) >= 11 is 0. The van der Waals surface area contributed by atoms with E-state index in [0.29, 0.717) is 11.6 Å². The third kappa shape index (κ3) is 5.42. The summed E-state index contributed by atoms with van der Waals surface area (Å²) in [7, 11) is 0. The van der Waals surface area contributed by atoms with Gasteiger partial charge in [-0.05, 0) is 56.4 Å². The van der Waals surface area contributed by atoms with E-state index in [1.54, 1.807) is 6.07 Å². The largest absolute Gasteiger partial charge is 0.349 e. The standard InChI is InChI=1S/C26H31N3O2/c1-18-5-3-7-21(13-18)20-9-11-24(12-10-20)29-16-23(17-29)28-25(30)15-27-26(31)22-8-4-6-19(2)14-22/h3-9,13-14,23-24H,10-12,15-17H2,1-2H3,(H,27,31)(H,28,30). The van der Waals surface area contributed by atoms with Crippen LogP contribution in [-0.2, 0) is 4.79 Å². The second-order valence-electron chi connectivity index (χ2n) is 8.80. The van der Waals surface area contributed by atoms with Crippen LogP contribution in [0.15, 0.2) is 54.6 Å². The highest BCUT2D eigenvalue weighted by Crippen LogP contribution is 2.31. The van der Waals surface area contributed by atoms with E-state index in [1.165, 1.54) is 16.7 Å². The Balaban J connectivity index is 1.18. The molecule has 1 aliphatic heterocycles. The Morgan fingerprint density at radius 1 is 1.03 bits per heavy atom. The van der Waals surface area contributed by atoms with Gasteiger partial charge in [0.25, 0.3) is 5.91 Å². The molecule has 1 heterocycles. The van der Waals surface area contributed by atoms with Crippen LogP contribution < -0.4 is 10.6 Å². The molecule has 1 atom stereocenters. The third-order valence-corrected chi connectivity index (χ3v) is 6.25. The van der Waals surface area contributed by atoms with Gasteiger partial charge in [-0.25, -0.2) is 0 Å². The lowest BCUT2D eigenvalue weighted by Crippen LogP contribution is -2.63. The fourth-order valence-corrected chi connectivity index (χ4v) is 4.49. The molecular weight excluding hydrogens is 386 g/mol. The van der Waals surface area contributed by atoms with Crippen LogP contribution >= 0.6 is 0 Å². The van der Waals surface area contributed by atoms with Crippen LogP contribution in [0.4, 0.5) is 0 Å². The van der Waals surface area contributed by atoms with Crippen molar-refractivity contribution < 1.29 is 9.59 Å². The van der Waals surface area contributed by atoms with Gasteiger partial charge in [0.15, 0.2) is 0 Å². The normalized spacial score (nSPS) is 19.3. The molecule has 0 saturated carbocycles. The van der Waals surface area contributed by atoms with Crippen molar-refractivity contribution in [1.82, 2.24) is 15.5 Å². The fourth-order valence-electron chi connectivity index (χ4n) is 4.49. The molecule has 0 bridgehead atoms. The number of amides is 2. The first-order chi connectivity index (χ1) is 15.0.